The van der Waals surface area contributed by atoms with Crippen molar-refractivity contribution in [3.63, 3.8) is 0 Å². The Hall–Kier alpha value is -3.54. The zero-order chi connectivity index (χ0) is 19.6. The van der Waals surface area contributed by atoms with Crippen LogP contribution in [0.3, 0.4) is 0 Å². The van der Waals surface area contributed by atoms with E-state index in [1.54, 1.807) is 54.6 Å². The highest BCUT2D eigenvalue weighted by molar-refractivity contribution is 5.95. The number of nitrogens with one attached hydrogen (secondary N) is 1. The molecular formula is C21H22N2O4. The van der Waals surface area contributed by atoms with Crippen LogP contribution in [0.15, 0.2) is 67.3 Å². The lowest BCUT2D eigenvalue weighted by Crippen LogP contribution is -2.36. The number of carbonyl (C=O) groups excluding carboxylic acids is 2. The van der Waals surface area contributed by atoms with Crippen LogP contribution in [0, 0.1) is 0 Å². The fourth-order valence-electron chi connectivity index (χ4n) is 2.38. The molecule has 27 heavy (non-hydrogen) atoms. The topological polar surface area (TPSA) is 90.6 Å². The third-order valence-electron chi connectivity index (χ3n) is 3.68. The van der Waals surface area contributed by atoms with Crippen molar-refractivity contribution in [3.8, 4) is 11.5 Å². The highest BCUT2D eigenvalue weighted by atomic mass is 16.5. The van der Waals surface area contributed by atoms with Gasteiger partial charge in [0.15, 0.2) is 11.5 Å². The molecule has 0 fully saturated rings. The molecular weight excluding hydrogens is 344 g/mol. The first-order chi connectivity index (χ1) is 13.0. The van der Waals surface area contributed by atoms with Gasteiger partial charge in [-0.1, -0.05) is 49.1 Å². The van der Waals surface area contributed by atoms with Gasteiger partial charge in [-0.2, -0.15) is 0 Å². The Kier molecular flexibility index (Phi) is 7.19. The number of primary amides is 1. The number of carbonyl (C=O) groups is 2. The van der Waals surface area contributed by atoms with E-state index in [0.29, 0.717) is 23.7 Å². The Labute approximate surface area is 158 Å². The molecule has 3 N–H and O–H groups in total. The second-order valence-electron chi connectivity index (χ2n) is 5.60. The summed E-state index contributed by atoms with van der Waals surface area (Å²) >= 11 is 0. The molecule has 2 aromatic carbocycles. The lowest BCUT2D eigenvalue weighted by Gasteiger charge is -2.14. The highest BCUT2D eigenvalue weighted by Crippen LogP contribution is 2.28. The molecule has 140 valence electrons. The molecule has 2 aromatic rings. The van der Waals surface area contributed by atoms with Gasteiger partial charge >= 0.3 is 0 Å². The summed E-state index contributed by atoms with van der Waals surface area (Å²) in [6.45, 7) is 3.96. The van der Waals surface area contributed by atoms with Gasteiger partial charge in [-0.15, -0.1) is 0 Å². The minimum Gasteiger partial charge on any atom is -0.493 e. The van der Waals surface area contributed by atoms with E-state index in [1.165, 1.54) is 13.2 Å². The fraction of sp³-hybridized carbons (Fsp3) is 0.143. The first-order valence-electron chi connectivity index (χ1n) is 8.29. The molecule has 6 heteroatoms. The third-order valence-corrected chi connectivity index (χ3v) is 3.68. The van der Waals surface area contributed by atoms with Crippen molar-refractivity contribution in [2.45, 2.75) is 6.04 Å². The van der Waals surface area contributed by atoms with Gasteiger partial charge in [0, 0.05) is 6.08 Å². The maximum atomic E-state index is 12.2. The molecule has 0 heterocycles. The predicted molar refractivity (Wildman–Crippen MR) is 104 cm³/mol. The van der Waals surface area contributed by atoms with Gasteiger partial charge in [0.1, 0.15) is 12.6 Å². The highest BCUT2D eigenvalue weighted by Gasteiger charge is 2.18. The van der Waals surface area contributed by atoms with Gasteiger partial charge in [-0.05, 0) is 29.3 Å². The van der Waals surface area contributed by atoms with Crippen molar-refractivity contribution < 1.29 is 19.1 Å². The van der Waals surface area contributed by atoms with Crippen molar-refractivity contribution >= 4 is 17.9 Å². The smallest absolute Gasteiger partial charge is 0.244 e. The van der Waals surface area contributed by atoms with Crippen LogP contribution in [0.25, 0.3) is 6.08 Å². The first kappa shape index (κ1) is 19.8. The van der Waals surface area contributed by atoms with Crippen molar-refractivity contribution in [3.05, 3.63) is 78.4 Å². The maximum absolute atomic E-state index is 12.2. The summed E-state index contributed by atoms with van der Waals surface area (Å²) in [6.07, 6.45) is 4.58. The predicted octanol–water partition coefficient (Wildman–Crippen LogP) is 2.62. The Balaban J connectivity index is 2.09. The van der Waals surface area contributed by atoms with Crippen LogP contribution in [0.2, 0.25) is 0 Å². The van der Waals surface area contributed by atoms with Crippen LogP contribution in [-0.2, 0) is 9.59 Å². The standard InChI is InChI=1S/C21H22N2O4/c1-3-13-27-17-11-9-15(14-18(17)26-2)10-12-19(24)23-20(21(22)25)16-7-5-4-6-8-16/h3-12,14,20H,1,13H2,2H3,(H2,22,25)(H,23,24)/b12-10+. The molecule has 0 aliphatic rings. The van der Waals surface area contributed by atoms with E-state index in [2.05, 4.69) is 11.9 Å². The number of methoxy groups -OCH3 is 1. The van der Waals surface area contributed by atoms with Crippen molar-refractivity contribution in [2.24, 2.45) is 5.73 Å². The molecule has 0 aliphatic heterocycles. The van der Waals surface area contributed by atoms with E-state index < -0.39 is 17.9 Å². The summed E-state index contributed by atoms with van der Waals surface area (Å²) in [5, 5.41) is 2.60. The van der Waals surface area contributed by atoms with E-state index in [0.717, 1.165) is 5.56 Å². The van der Waals surface area contributed by atoms with E-state index in [9.17, 15) is 9.59 Å². The zero-order valence-corrected chi connectivity index (χ0v) is 15.1. The SMILES string of the molecule is C=CCOc1ccc(/C=C/C(=O)NC(C(N)=O)c2ccccc2)cc1OC. The minimum absolute atomic E-state index is 0.363. The van der Waals surface area contributed by atoms with E-state index >= 15 is 0 Å². The molecule has 0 aromatic heterocycles. The van der Waals surface area contributed by atoms with Crippen LogP contribution in [0.5, 0.6) is 11.5 Å². The van der Waals surface area contributed by atoms with Gasteiger partial charge in [0.2, 0.25) is 11.8 Å². The molecule has 0 radical (unpaired) electrons. The normalized spacial score (nSPS) is 11.6. The summed E-state index contributed by atoms with van der Waals surface area (Å²) in [5.74, 6) is 0.0533. The Morgan fingerprint density at radius 2 is 1.93 bits per heavy atom. The van der Waals surface area contributed by atoms with Crippen molar-refractivity contribution in [1.29, 1.82) is 0 Å². The number of rotatable bonds is 9. The maximum Gasteiger partial charge on any atom is 0.244 e. The molecule has 2 rings (SSSR count). The molecule has 1 atom stereocenters. The van der Waals surface area contributed by atoms with Gasteiger partial charge in [0.25, 0.3) is 0 Å². The number of hydrogen-bond donors (Lipinski definition) is 2. The molecule has 6 nitrogen and oxygen atoms in total. The second-order valence-corrected chi connectivity index (χ2v) is 5.60. The van der Waals surface area contributed by atoms with Gasteiger partial charge in [0.05, 0.1) is 7.11 Å². The van der Waals surface area contributed by atoms with Gasteiger partial charge in [-0.25, -0.2) is 0 Å². The Bertz CT molecular complexity index is 831. The van der Waals surface area contributed by atoms with Crippen molar-refractivity contribution in [1.82, 2.24) is 5.32 Å². The Morgan fingerprint density at radius 1 is 1.19 bits per heavy atom. The van der Waals surface area contributed by atoms with Crippen LogP contribution < -0.4 is 20.5 Å². The molecule has 2 amide bonds. The first-order valence-corrected chi connectivity index (χ1v) is 8.29. The van der Waals surface area contributed by atoms with Crippen LogP contribution in [0.1, 0.15) is 17.2 Å². The lowest BCUT2D eigenvalue weighted by molar-refractivity contribution is -0.125. The average molecular weight is 366 g/mol. The molecule has 0 bridgehead atoms. The van der Waals surface area contributed by atoms with Crippen LogP contribution in [0.4, 0.5) is 0 Å². The zero-order valence-electron chi connectivity index (χ0n) is 15.1. The summed E-state index contributed by atoms with van der Waals surface area (Å²) in [7, 11) is 1.54. The van der Waals surface area contributed by atoms with E-state index in [4.69, 9.17) is 15.2 Å². The lowest BCUT2D eigenvalue weighted by atomic mass is 10.1. The van der Waals surface area contributed by atoms with Crippen molar-refractivity contribution in [2.75, 3.05) is 13.7 Å². The summed E-state index contributed by atoms with van der Waals surface area (Å²) in [4.78, 5) is 23.9. The largest absolute Gasteiger partial charge is 0.493 e. The molecule has 0 spiro atoms. The quantitative estimate of drug-likeness (QED) is 0.527. The van der Waals surface area contributed by atoms with Gasteiger partial charge < -0.3 is 20.5 Å². The minimum atomic E-state index is -0.896. The molecule has 1 unspecified atom stereocenters. The number of hydrogen-bond acceptors (Lipinski definition) is 4. The number of nitrogens with two attached hydrogens (primary N) is 1. The number of amides is 2. The van der Waals surface area contributed by atoms with E-state index in [-0.39, 0.29) is 0 Å². The number of benzene rings is 2. The molecule has 0 saturated heterocycles. The van der Waals surface area contributed by atoms with Gasteiger partial charge in [-0.3, -0.25) is 9.59 Å². The summed E-state index contributed by atoms with van der Waals surface area (Å²) < 4.78 is 10.8. The Morgan fingerprint density at radius 3 is 2.56 bits per heavy atom. The molecule has 0 aliphatic carbocycles. The van der Waals surface area contributed by atoms with Crippen LogP contribution in [-0.4, -0.2) is 25.5 Å². The summed E-state index contributed by atoms with van der Waals surface area (Å²) in [6, 6.07) is 13.2. The molecule has 0 saturated carbocycles. The van der Waals surface area contributed by atoms with E-state index in [1.807, 2.05) is 6.07 Å². The third kappa shape index (κ3) is 5.74. The fourth-order valence-corrected chi connectivity index (χ4v) is 2.38. The summed E-state index contributed by atoms with van der Waals surface area (Å²) in [5.41, 5.74) is 6.77. The average Bonchev–Trinajstić information content (AvgIpc) is 2.69. The van der Waals surface area contributed by atoms with Crippen LogP contribution >= 0.6 is 0 Å². The second kappa shape index (κ2) is 9.82. The monoisotopic (exact) mass is 366 g/mol. The number of ether oxygens (including phenoxy) is 2.